The van der Waals surface area contributed by atoms with Crippen molar-refractivity contribution in [3.63, 3.8) is 0 Å². The second-order valence-corrected chi connectivity index (χ2v) is 5.64. The molecule has 0 aliphatic heterocycles. The van der Waals surface area contributed by atoms with Gasteiger partial charge >= 0.3 is 0 Å². The Kier molecular flexibility index (Phi) is 3.43. The molecule has 0 fully saturated rings. The molecule has 4 rings (SSSR count). The number of aromatic nitrogens is 3. The number of hydrogen-bond donors (Lipinski definition) is 0. The highest BCUT2D eigenvalue weighted by Gasteiger charge is 2.18. The summed E-state index contributed by atoms with van der Waals surface area (Å²) in [6.45, 7) is 1.93. The first-order valence-corrected chi connectivity index (χ1v) is 7.74. The lowest BCUT2D eigenvalue weighted by molar-refractivity contribution is 0.104. The van der Waals surface area contributed by atoms with Gasteiger partial charge in [0.1, 0.15) is 0 Å². The maximum Gasteiger partial charge on any atom is 0.198 e. The predicted molar refractivity (Wildman–Crippen MR) is 93.0 cm³/mol. The van der Waals surface area contributed by atoms with Gasteiger partial charge in [-0.25, -0.2) is 9.50 Å². The summed E-state index contributed by atoms with van der Waals surface area (Å²) in [4.78, 5) is 17.3. The van der Waals surface area contributed by atoms with E-state index in [0.717, 1.165) is 17.0 Å². The summed E-state index contributed by atoms with van der Waals surface area (Å²) in [6, 6.07) is 21.2. The molecule has 2 aromatic carbocycles. The maximum atomic E-state index is 12.8. The van der Waals surface area contributed by atoms with Crippen molar-refractivity contribution < 1.29 is 4.79 Å². The Morgan fingerprint density at radius 1 is 0.958 bits per heavy atom. The van der Waals surface area contributed by atoms with Crippen LogP contribution in [0.15, 0.2) is 72.9 Å². The minimum Gasteiger partial charge on any atom is -0.288 e. The van der Waals surface area contributed by atoms with Gasteiger partial charge in [0.2, 0.25) is 0 Å². The molecule has 4 heteroatoms. The van der Waals surface area contributed by atoms with Gasteiger partial charge in [-0.2, -0.15) is 5.10 Å². The molecule has 0 saturated heterocycles. The first kappa shape index (κ1) is 14.3. The van der Waals surface area contributed by atoms with Crippen molar-refractivity contribution in [2.45, 2.75) is 6.92 Å². The Balaban J connectivity index is 1.92. The fourth-order valence-electron chi connectivity index (χ4n) is 2.80. The SMILES string of the molecule is Cc1cc(-c2ccccc2)n2ncc(C(=O)c3ccccc3)c2n1. The average molecular weight is 313 g/mol. The van der Waals surface area contributed by atoms with Gasteiger partial charge in [0.15, 0.2) is 11.4 Å². The van der Waals surface area contributed by atoms with E-state index in [9.17, 15) is 4.79 Å². The molecule has 4 aromatic rings. The smallest absolute Gasteiger partial charge is 0.198 e. The third-order valence-electron chi connectivity index (χ3n) is 3.95. The van der Waals surface area contributed by atoms with Crippen LogP contribution in [0.3, 0.4) is 0 Å². The van der Waals surface area contributed by atoms with E-state index in [0.29, 0.717) is 16.8 Å². The highest BCUT2D eigenvalue weighted by atomic mass is 16.1. The predicted octanol–water partition coefficient (Wildman–Crippen LogP) is 3.94. The molecule has 0 aliphatic carbocycles. The molecule has 0 spiro atoms. The summed E-state index contributed by atoms with van der Waals surface area (Å²) in [6.07, 6.45) is 1.60. The van der Waals surface area contributed by atoms with Crippen LogP contribution in [0.4, 0.5) is 0 Å². The number of nitrogens with zero attached hydrogens (tertiary/aromatic N) is 3. The Bertz CT molecular complexity index is 1020. The monoisotopic (exact) mass is 313 g/mol. The zero-order chi connectivity index (χ0) is 16.5. The normalized spacial score (nSPS) is 10.9. The Labute approximate surface area is 139 Å². The zero-order valence-electron chi connectivity index (χ0n) is 13.2. The second-order valence-electron chi connectivity index (χ2n) is 5.64. The van der Waals surface area contributed by atoms with E-state index in [1.165, 1.54) is 0 Å². The van der Waals surface area contributed by atoms with Crippen molar-refractivity contribution in [2.24, 2.45) is 0 Å². The zero-order valence-corrected chi connectivity index (χ0v) is 13.2. The lowest BCUT2D eigenvalue weighted by Gasteiger charge is -2.07. The number of hydrogen-bond acceptors (Lipinski definition) is 3. The van der Waals surface area contributed by atoms with E-state index < -0.39 is 0 Å². The minimum absolute atomic E-state index is 0.0669. The van der Waals surface area contributed by atoms with Gasteiger partial charge < -0.3 is 0 Å². The van der Waals surface area contributed by atoms with Crippen LogP contribution < -0.4 is 0 Å². The molecule has 0 bridgehead atoms. The molecule has 116 valence electrons. The number of carbonyl (C=O) groups is 1. The van der Waals surface area contributed by atoms with E-state index in [2.05, 4.69) is 10.1 Å². The van der Waals surface area contributed by atoms with Crippen LogP contribution in [0.2, 0.25) is 0 Å². The van der Waals surface area contributed by atoms with Gasteiger partial charge in [0.25, 0.3) is 0 Å². The Morgan fingerprint density at radius 2 is 1.62 bits per heavy atom. The molecule has 2 aromatic heterocycles. The van der Waals surface area contributed by atoms with E-state index in [-0.39, 0.29) is 5.78 Å². The fourth-order valence-corrected chi connectivity index (χ4v) is 2.80. The molecule has 0 radical (unpaired) electrons. The molecule has 0 amide bonds. The lowest BCUT2D eigenvalue weighted by atomic mass is 10.1. The van der Waals surface area contributed by atoms with Crippen LogP contribution in [-0.4, -0.2) is 20.4 Å². The van der Waals surface area contributed by atoms with Gasteiger partial charge in [-0.3, -0.25) is 4.79 Å². The Morgan fingerprint density at radius 3 is 2.33 bits per heavy atom. The molecular formula is C20H15N3O. The topological polar surface area (TPSA) is 47.3 Å². The van der Waals surface area contributed by atoms with E-state index in [1.54, 1.807) is 22.8 Å². The molecular weight excluding hydrogens is 298 g/mol. The molecule has 0 aliphatic rings. The minimum atomic E-state index is -0.0669. The van der Waals surface area contributed by atoms with E-state index >= 15 is 0 Å². The summed E-state index contributed by atoms with van der Waals surface area (Å²) < 4.78 is 1.73. The number of rotatable bonds is 3. The molecule has 0 N–H and O–H groups in total. The molecule has 0 saturated carbocycles. The average Bonchev–Trinajstić information content (AvgIpc) is 3.05. The molecule has 0 unspecified atom stereocenters. The van der Waals surface area contributed by atoms with Crippen molar-refractivity contribution in [3.05, 3.63) is 89.7 Å². The molecule has 24 heavy (non-hydrogen) atoms. The van der Waals surface area contributed by atoms with Crippen LogP contribution >= 0.6 is 0 Å². The van der Waals surface area contributed by atoms with Gasteiger partial charge in [-0.05, 0) is 13.0 Å². The van der Waals surface area contributed by atoms with Gasteiger partial charge in [-0.15, -0.1) is 0 Å². The van der Waals surface area contributed by atoms with Crippen LogP contribution in [0.5, 0.6) is 0 Å². The van der Waals surface area contributed by atoms with Crippen molar-refractivity contribution in [1.29, 1.82) is 0 Å². The number of carbonyl (C=O) groups excluding carboxylic acids is 1. The largest absolute Gasteiger partial charge is 0.288 e. The van der Waals surface area contributed by atoms with Gasteiger partial charge in [0.05, 0.1) is 17.5 Å². The van der Waals surface area contributed by atoms with Crippen molar-refractivity contribution in [1.82, 2.24) is 14.6 Å². The highest BCUT2D eigenvalue weighted by Crippen LogP contribution is 2.23. The summed E-state index contributed by atoms with van der Waals surface area (Å²) >= 11 is 0. The maximum absolute atomic E-state index is 12.8. The first-order valence-electron chi connectivity index (χ1n) is 7.74. The van der Waals surface area contributed by atoms with Crippen LogP contribution in [0.1, 0.15) is 21.6 Å². The Hall–Kier alpha value is -3.27. The summed E-state index contributed by atoms with van der Waals surface area (Å²) in [7, 11) is 0. The standard InChI is InChI=1S/C20H15N3O/c1-14-12-18(15-8-4-2-5-9-15)23-20(22-14)17(13-21-23)19(24)16-10-6-3-7-11-16/h2-13H,1H3. The quantitative estimate of drug-likeness (QED) is 0.538. The first-order chi connectivity index (χ1) is 11.7. The second kappa shape index (κ2) is 5.74. The number of benzene rings is 2. The summed E-state index contributed by atoms with van der Waals surface area (Å²) in [5.74, 6) is -0.0669. The van der Waals surface area contributed by atoms with Gasteiger partial charge in [0, 0.05) is 16.8 Å². The third kappa shape index (κ3) is 2.38. The molecule has 0 atom stereocenters. The van der Waals surface area contributed by atoms with Gasteiger partial charge in [-0.1, -0.05) is 60.7 Å². The number of fused-ring (bicyclic) bond motifs is 1. The van der Waals surface area contributed by atoms with Crippen LogP contribution in [0.25, 0.3) is 16.9 Å². The molecule has 2 heterocycles. The fraction of sp³-hybridized carbons (Fsp3) is 0.0500. The molecule has 4 nitrogen and oxygen atoms in total. The van der Waals surface area contributed by atoms with Crippen molar-refractivity contribution in [2.75, 3.05) is 0 Å². The number of ketones is 1. The lowest BCUT2D eigenvalue weighted by Crippen LogP contribution is -2.03. The highest BCUT2D eigenvalue weighted by molar-refractivity contribution is 6.12. The van der Waals surface area contributed by atoms with E-state index in [4.69, 9.17) is 0 Å². The van der Waals surface area contributed by atoms with Crippen LogP contribution in [0, 0.1) is 6.92 Å². The van der Waals surface area contributed by atoms with E-state index in [1.807, 2.05) is 61.5 Å². The van der Waals surface area contributed by atoms with Crippen molar-refractivity contribution >= 4 is 11.4 Å². The summed E-state index contributed by atoms with van der Waals surface area (Å²) in [5, 5.41) is 4.42. The van der Waals surface area contributed by atoms with Crippen LogP contribution in [-0.2, 0) is 0 Å². The third-order valence-corrected chi connectivity index (χ3v) is 3.95. The van der Waals surface area contributed by atoms with Crippen molar-refractivity contribution in [3.8, 4) is 11.3 Å². The number of aryl methyl sites for hydroxylation is 1. The summed E-state index contributed by atoms with van der Waals surface area (Å²) in [5.41, 5.74) is 4.55.